The Bertz CT molecular complexity index is 798. The number of nitrogens with zero attached hydrogens (tertiary/aromatic N) is 3. The van der Waals surface area contributed by atoms with Crippen molar-refractivity contribution in [2.45, 2.75) is 12.2 Å². The molecule has 26 heavy (non-hydrogen) atoms. The molecule has 1 heterocycles. The SMILES string of the molecule is CN(C)C(CNc1nnc(Cl)cc1C(N)=O)c1cccc(C(F)(F)F)c1. The predicted octanol–water partition coefficient (Wildman–Crippen LogP) is 2.96. The van der Waals surface area contributed by atoms with Crippen molar-refractivity contribution in [3.8, 4) is 0 Å². The van der Waals surface area contributed by atoms with E-state index in [2.05, 4.69) is 15.5 Å². The van der Waals surface area contributed by atoms with Gasteiger partial charge in [0.25, 0.3) is 5.91 Å². The fourth-order valence-electron chi connectivity index (χ4n) is 2.40. The third-order valence-corrected chi connectivity index (χ3v) is 3.90. The number of nitrogens with two attached hydrogens (primary N) is 1. The number of amides is 1. The van der Waals surface area contributed by atoms with Crippen LogP contribution in [0.4, 0.5) is 19.0 Å². The van der Waals surface area contributed by atoms with Crippen molar-refractivity contribution in [1.29, 1.82) is 0 Å². The topological polar surface area (TPSA) is 84.1 Å². The molecule has 6 nitrogen and oxygen atoms in total. The number of nitrogens with one attached hydrogen (secondary N) is 1. The number of benzene rings is 1. The normalized spacial score (nSPS) is 12.9. The molecule has 0 saturated heterocycles. The molecule has 140 valence electrons. The smallest absolute Gasteiger partial charge is 0.366 e. The Kier molecular flexibility index (Phi) is 6.04. The summed E-state index contributed by atoms with van der Waals surface area (Å²) < 4.78 is 38.9. The van der Waals surface area contributed by atoms with E-state index in [4.69, 9.17) is 17.3 Å². The molecular formula is C16H17ClF3N5O. The van der Waals surface area contributed by atoms with Gasteiger partial charge in [0.1, 0.15) is 0 Å². The van der Waals surface area contributed by atoms with E-state index in [1.54, 1.807) is 25.1 Å². The summed E-state index contributed by atoms with van der Waals surface area (Å²) in [4.78, 5) is 13.2. The largest absolute Gasteiger partial charge is 0.416 e. The van der Waals surface area contributed by atoms with Crippen molar-refractivity contribution < 1.29 is 18.0 Å². The number of anilines is 1. The minimum atomic E-state index is -4.43. The Morgan fingerprint density at radius 2 is 2.00 bits per heavy atom. The molecule has 10 heteroatoms. The summed E-state index contributed by atoms with van der Waals surface area (Å²) in [6.07, 6.45) is -4.43. The lowest BCUT2D eigenvalue weighted by Gasteiger charge is -2.26. The maximum absolute atomic E-state index is 13.0. The highest BCUT2D eigenvalue weighted by Crippen LogP contribution is 2.31. The summed E-state index contributed by atoms with van der Waals surface area (Å²) in [5.74, 6) is -0.634. The van der Waals surface area contributed by atoms with Crippen molar-refractivity contribution in [2.24, 2.45) is 5.73 Å². The molecule has 0 bridgehead atoms. The van der Waals surface area contributed by atoms with Gasteiger partial charge in [-0.2, -0.15) is 13.2 Å². The third-order valence-electron chi connectivity index (χ3n) is 3.71. The molecule has 1 amide bonds. The lowest BCUT2D eigenvalue weighted by Crippen LogP contribution is -2.28. The first-order valence-corrected chi connectivity index (χ1v) is 7.88. The van der Waals surface area contributed by atoms with Crippen LogP contribution in [-0.4, -0.2) is 41.6 Å². The molecule has 3 N–H and O–H groups in total. The maximum Gasteiger partial charge on any atom is 0.416 e. The van der Waals surface area contributed by atoms with Crippen LogP contribution in [0, 0.1) is 0 Å². The van der Waals surface area contributed by atoms with Gasteiger partial charge in [-0.15, -0.1) is 10.2 Å². The monoisotopic (exact) mass is 387 g/mol. The minimum Gasteiger partial charge on any atom is -0.366 e. The Balaban J connectivity index is 2.27. The molecule has 2 rings (SSSR count). The molecule has 0 spiro atoms. The van der Waals surface area contributed by atoms with E-state index >= 15 is 0 Å². The number of carbonyl (C=O) groups is 1. The number of carbonyl (C=O) groups excluding carboxylic acids is 1. The molecule has 0 fully saturated rings. The van der Waals surface area contributed by atoms with Crippen molar-refractivity contribution in [3.05, 3.63) is 52.2 Å². The van der Waals surface area contributed by atoms with E-state index in [1.807, 2.05) is 0 Å². The summed E-state index contributed by atoms with van der Waals surface area (Å²) in [5.41, 5.74) is 5.06. The molecule has 0 saturated carbocycles. The van der Waals surface area contributed by atoms with Crippen molar-refractivity contribution >= 4 is 23.3 Å². The number of hydrogen-bond donors (Lipinski definition) is 2. The van der Waals surface area contributed by atoms with E-state index in [0.29, 0.717) is 5.56 Å². The number of rotatable bonds is 6. The van der Waals surface area contributed by atoms with Crippen LogP contribution in [-0.2, 0) is 6.18 Å². The Morgan fingerprint density at radius 3 is 2.58 bits per heavy atom. The summed E-state index contributed by atoms with van der Waals surface area (Å²) >= 11 is 5.71. The summed E-state index contributed by atoms with van der Waals surface area (Å²) in [5, 5.41) is 10.3. The van der Waals surface area contributed by atoms with Gasteiger partial charge >= 0.3 is 6.18 Å². The zero-order chi connectivity index (χ0) is 19.5. The lowest BCUT2D eigenvalue weighted by atomic mass is 10.0. The minimum absolute atomic E-state index is 0.00591. The van der Waals surface area contributed by atoms with Crippen molar-refractivity contribution in [1.82, 2.24) is 15.1 Å². The fraction of sp³-hybridized carbons (Fsp3) is 0.312. The van der Waals surface area contributed by atoms with Gasteiger partial charge in [-0.05, 0) is 37.9 Å². The van der Waals surface area contributed by atoms with Crippen LogP contribution >= 0.6 is 11.6 Å². The van der Waals surface area contributed by atoms with E-state index in [-0.39, 0.29) is 23.1 Å². The molecular weight excluding hydrogens is 371 g/mol. The number of likely N-dealkylation sites (N-methyl/N-ethyl adjacent to an activating group) is 1. The van der Waals surface area contributed by atoms with Crippen LogP contribution in [0.1, 0.15) is 27.5 Å². The van der Waals surface area contributed by atoms with Crippen molar-refractivity contribution in [2.75, 3.05) is 26.0 Å². The van der Waals surface area contributed by atoms with E-state index in [1.165, 1.54) is 12.1 Å². The molecule has 0 aliphatic heterocycles. The van der Waals surface area contributed by atoms with Gasteiger partial charge in [0.15, 0.2) is 11.0 Å². The highest BCUT2D eigenvalue weighted by atomic mass is 35.5. The number of primary amides is 1. The van der Waals surface area contributed by atoms with Crippen LogP contribution < -0.4 is 11.1 Å². The van der Waals surface area contributed by atoms with E-state index in [9.17, 15) is 18.0 Å². The van der Waals surface area contributed by atoms with E-state index < -0.39 is 23.7 Å². The Morgan fingerprint density at radius 1 is 1.31 bits per heavy atom. The molecule has 0 radical (unpaired) electrons. The van der Waals surface area contributed by atoms with Crippen LogP contribution in [0.3, 0.4) is 0 Å². The zero-order valence-corrected chi connectivity index (χ0v) is 14.8. The van der Waals surface area contributed by atoms with Crippen LogP contribution in [0.2, 0.25) is 5.15 Å². The van der Waals surface area contributed by atoms with Crippen LogP contribution in [0.15, 0.2) is 30.3 Å². The van der Waals surface area contributed by atoms with Crippen molar-refractivity contribution in [3.63, 3.8) is 0 Å². The highest BCUT2D eigenvalue weighted by molar-refractivity contribution is 6.29. The second-order valence-corrected chi connectivity index (χ2v) is 6.16. The average Bonchev–Trinajstić information content (AvgIpc) is 2.55. The molecule has 1 atom stereocenters. The number of alkyl halides is 3. The molecule has 0 aliphatic rings. The molecule has 2 aromatic rings. The van der Waals surface area contributed by atoms with Gasteiger partial charge in [0, 0.05) is 6.54 Å². The zero-order valence-electron chi connectivity index (χ0n) is 14.0. The standard InChI is InChI=1S/C16H17ClF3N5O/c1-25(2)12(9-4-3-5-10(6-9)16(18,19)20)8-22-15-11(14(21)26)7-13(17)23-24-15/h3-7,12H,8H2,1-2H3,(H2,21,26)(H,22,24). The number of hydrogen-bond acceptors (Lipinski definition) is 5. The van der Waals surface area contributed by atoms with Crippen LogP contribution in [0.5, 0.6) is 0 Å². The summed E-state index contributed by atoms with van der Waals surface area (Å²) in [7, 11) is 3.46. The fourth-order valence-corrected chi connectivity index (χ4v) is 2.55. The molecule has 1 unspecified atom stereocenters. The van der Waals surface area contributed by atoms with Gasteiger partial charge in [-0.1, -0.05) is 23.7 Å². The second kappa shape index (κ2) is 7.88. The number of halogens is 4. The second-order valence-electron chi connectivity index (χ2n) is 5.78. The third kappa shape index (κ3) is 4.83. The summed E-state index contributed by atoms with van der Waals surface area (Å²) in [6, 6.07) is 5.91. The Labute approximate surface area is 153 Å². The lowest BCUT2D eigenvalue weighted by molar-refractivity contribution is -0.137. The van der Waals surface area contributed by atoms with Gasteiger partial charge < -0.3 is 16.0 Å². The Hall–Kier alpha value is -2.39. The molecule has 0 aliphatic carbocycles. The molecule has 1 aromatic carbocycles. The van der Waals surface area contributed by atoms with Gasteiger partial charge in [0.05, 0.1) is 17.2 Å². The highest BCUT2D eigenvalue weighted by Gasteiger charge is 2.31. The quantitative estimate of drug-likeness (QED) is 0.796. The van der Waals surface area contributed by atoms with Crippen LogP contribution in [0.25, 0.3) is 0 Å². The first-order valence-electron chi connectivity index (χ1n) is 7.50. The first kappa shape index (κ1) is 19.9. The maximum atomic E-state index is 13.0. The van der Waals surface area contributed by atoms with Gasteiger partial charge in [-0.25, -0.2) is 0 Å². The molecule has 1 aromatic heterocycles. The predicted molar refractivity (Wildman–Crippen MR) is 91.9 cm³/mol. The van der Waals surface area contributed by atoms with Gasteiger partial charge in [0.2, 0.25) is 0 Å². The van der Waals surface area contributed by atoms with Gasteiger partial charge in [-0.3, -0.25) is 4.79 Å². The summed E-state index contributed by atoms with van der Waals surface area (Å²) in [6.45, 7) is 0.172. The number of aromatic nitrogens is 2. The first-order chi connectivity index (χ1) is 12.1. The van der Waals surface area contributed by atoms with E-state index in [0.717, 1.165) is 12.1 Å². The average molecular weight is 388 g/mol.